The number of nitrogens with one attached hydrogen (secondary N) is 2. The van der Waals surface area contributed by atoms with Crippen LogP contribution in [-0.4, -0.2) is 43.4 Å². The molecule has 2 rings (SSSR count). The van der Waals surface area contributed by atoms with E-state index in [0.717, 1.165) is 44.2 Å². The summed E-state index contributed by atoms with van der Waals surface area (Å²) in [5, 5.41) is 6.08. The molecule has 1 amide bonds. The molecule has 1 aliphatic rings. The maximum absolute atomic E-state index is 13.3. The fourth-order valence-electron chi connectivity index (χ4n) is 3.02. The van der Waals surface area contributed by atoms with E-state index in [-0.39, 0.29) is 36.6 Å². The Kier molecular flexibility index (Phi) is 7.65. The molecule has 1 aliphatic carbocycles. The number of hydrogen-bond acceptors (Lipinski definition) is 2. The molecule has 0 atom stereocenters. The molecular formula is C19H26F4N4O. The fourth-order valence-corrected chi connectivity index (χ4v) is 3.02. The van der Waals surface area contributed by atoms with Crippen molar-refractivity contribution in [1.82, 2.24) is 15.5 Å². The molecule has 1 saturated carbocycles. The van der Waals surface area contributed by atoms with Gasteiger partial charge in [0.25, 0.3) is 0 Å². The number of amides is 1. The van der Waals surface area contributed by atoms with Gasteiger partial charge in [-0.15, -0.1) is 0 Å². The normalized spacial score (nSPS) is 16.0. The van der Waals surface area contributed by atoms with Crippen LogP contribution in [0.5, 0.6) is 0 Å². The molecule has 0 aliphatic heterocycles. The van der Waals surface area contributed by atoms with Crippen LogP contribution in [0.25, 0.3) is 0 Å². The number of halogens is 4. The van der Waals surface area contributed by atoms with Crippen LogP contribution in [0, 0.1) is 5.82 Å². The molecule has 1 aromatic rings. The SMILES string of the molecule is CN(C)C(=O)CNC(=NCc1ccc(F)cc1C(F)(F)F)NC1CCCCC1. The summed E-state index contributed by atoms with van der Waals surface area (Å²) in [7, 11) is 3.23. The van der Waals surface area contributed by atoms with E-state index >= 15 is 0 Å². The van der Waals surface area contributed by atoms with E-state index < -0.39 is 17.6 Å². The van der Waals surface area contributed by atoms with Crippen LogP contribution in [0.1, 0.15) is 43.2 Å². The number of alkyl halides is 3. The van der Waals surface area contributed by atoms with Gasteiger partial charge < -0.3 is 15.5 Å². The van der Waals surface area contributed by atoms with Gasteiger partial charge >= 0.3 is 6.18 Å². The van der Waals surface area contributed by atoms with Crippen molar-refractivity contribution in [2.45, 2.75) is 50.9 Å². The molecule has 156 valence electrons. The van der Waals surface area contributed by atoms with Gasteiger partial charge in [0.1, 0.15) is 5.82 Å². The number of nitrogens with zero attached hydrogens (tertiary/aromatic N) is 2. The zero-order valence-electron chi connectivity index (χ0n) is 16.1. The highest BCUT2D eigenvalue weighted by Gasteiger charge is 2.33. The van der Waals surface area contributed by atoms with Crippen molar-refractivity contribution in [2.75, 3.05) is 20.6 Å². The van der Waals surface area contributed by atoms with Gasteiger partial charge in [0.2, 0.25) is 5.91 Å². The maximum Gasteiger partial charge on any atom is 0.416 e. The third-order valence-corrected chi connectivity index (χ3v) is 4.64. The molecule has 28 heavy (non-hydrogen) atoms. The van der Waals surface area contributed by atoms with E-state index in [1.807, 2.05) is 0 Å². The zero-order chi connectivity index (χ0) is 20.7. The summed E-state index contributed by atoms with van der Waals surface area (Å²) in [6.45, 7) is -0.311. The Labute approximate surface area is 162 Å². The number of aliphatic imine (C=N–C) groups is 1. The smallest absolute Gasteiger partial charge is 0.354 e. The number of guanidine groups is 1. The molecule has 1 fully saturated rings. The minimum atomic E-state index is -4.67. The molecule has 0 spiro atoms. The Morgan fingerprint density at radius 2 is 1.89 bits per heavy atom. The number of carbonyl (C=O) groups excluding carboxylic acids is 1. The first-order valence-corrected chi connectivity index (χ1v) is 9.27. The maximum atomic E-state index is 13.3. The number of benzene rings is 1. The highest BCUT2D eigenvalue weighted by molar-refractivity contribution is 5.86. The molecule has 2 N–H and O–H groups in total. The van der Waals surface area contributed by atoms with Gasteiger partial charge in [0.05, 0.1) is 18.7 Å². The molecule has 0 aromatic heterocycles. The third kappa shape index (κ3) is 6.69. The summed E-state index contributed by atoms with van der Waals surface area (Å²) < 4.78 is 52.8. The first-order chi connectivity index (χ1) is 13.2. The van der Waals surface area contributed by atoms with Crippen LogP contribution in [0.3, 0.4) is 0 Å². The summed E-state index contributed by atoms with van der Waals surface area (Å²) in [5.41, 5.74) is -1.17. The highest BCUT2D eigenvalue weighted by Crippen LogP contribution is 2.32. The standard InChI is InChI=1S/C19H26F4N4O/c1-27(2)17(28)12-25-18(26-15-6-4-3-5-7-15)24-11-13-8-9-14(20)10-16(13)19(21,22)23/h8-10,15H,3-7,11-12H2,1-2H3,(H2,24,25,26). The summed E-state index contributed by atoms with van der Waals surface area (Å²) in [4.78, 5) is 17.5. The predicted molar refractivity (Wildman–Crippen MR) is 99.2 cm³/mol. The second kappa shape index (κ2) is 9.75. The topological polar surface area (TPSA) is 56.7 Å². The highest BCUT2D eigenvalue weighted by atomic mass is 19.4. The molecule has 9 heteroatoms. The van der Waals surface area contributed by atoms with Crippen molar-refractivity contribution in [1.29, 1.82) is 0 Å². The van der Waals surface area contributed by atoms with Gasteiger partial charge in [-0.3, -0.25) is 4.79 Å². The first kappa shape index (κ1) is 22.0. The number of carbonyl (C=O) groups is 1. The van der Waals surface area contributed by atoms with Gasteiger partial charge in [0, 0.05) is 20.1 Å². The fraction of sp³-hybridized carbons (Fsp3) is 0.579. The average molecular weight is 402 g/mol. The van der Waals surface area contributed by atoms with Gasteiger partial charge in [-0.1, -0.05) is 25.3 Å². The van der Waals surface area contributed by atoms with Gasteiger partial charge in [-0.2, -0.15) is 13.2 Å². The largest absolute Gasteiger partial charge is 0.416 e. The lowest BCUT2D eigenvalue weighted by Crippen LogP contribution is -2.47. The predicted octanol–water partition coefficient (Wildman–Crippen LogP) is 3.30. The lowest BCUT2D eigenvalue weighted by molar-refractivity contribution is -0.138. The zero-order valence-corrected chi connectivity index (χ0v) is 16.1. The Bertz CT molecular complexity index is 698. The molecule has 0 unspecified atom stereocenters. The van der Waals surface area contributed by atoms with Crippen molar-refractivity contribution in [3.63, 3.8) is 0 Å². The molecule has 0 heterocycles. The summed E-state index contributed by atoms with van der Waals surface area (Å²) in [5.74, 6) is -0.856. The van der Waals surface area contributed by atoms with Crippen molar-refractivity contribution in [3.05, 3.63) is 35.1 Å². The minimum absolute atomic E-state index is 0.0267. The van der Waals surface area contributed by atoms with Gasteiger partial charge in [-0.05, 0) is 30.5 Å². The van der Waals surface area contributed by atoms with Crippen LogP contribution < -0.4 is 10.6 Å². The van der Waals surface area contributed by atoms with Gasteiger partial charge in [-0.25, -0.2) is 9.38 Å². The molecule has 0 radical (unpaired) electrons. The average Bonchev–Trinajstić information content (AvgIpc) is 2.64. The Balaban J connectivity index is 2.17. The van der Waals surface area contributed by atoms with Crippen LogP contribution in [0.2, 0.25) is 0 Å². The number of likely N-dealkylation sites (N-methyl/N-ethyl adjacent to an activating group) is 1. The lowest BCUT2D eigenvalue weighted by Gasteiger charge is -2.25. The molecule has 5 nitrogen and oxygen atoms in total. The van der Waals surface area contributed by atoms with Crippen LogP contribution in [0.15, 0.2) is 23.2 Å². The minimum Gasteiger partial charge on any atom is -0.354 e. The third-order valence-electron chi connectivity index (χ3n) is 4.64. The summed E-state index contributed by atoms with van der Waals surface area (Å²) >= 11 is 0. The van der Waals surface area contributed by atoms with Crippen molar-refractivity contribution < 1.29 is 22.4 Å². The van der Waals surface area contributed by atoms with Crippen molar-refractivity contribution >= 4 is 11.9 Å². The second-order valence-electron chi connectivity index (χ2n) is 7.09. The molecular weight excluding hydrogens is 376 g/mol. The van der Waals surface area contributed by atoms with Crippen LogP contribution in [-0.2, 0) is 17.5 Å². The number of hydrogen-bond donors (Lipinski definition) is 2. The van der Waals surface area contributed by atoms with E-state index in [9.17, 15) is 22.4 Å². The van der Waals surface area contributed by atoms with E-state index in [2.05, 4.69) is 15.6 Å². The molecule has 1 aromatic carbocycles. The van der Waals surface area contributed by atoms with E-state index in [1.165, 1.54) is 4.90 Å². The first-order valence-electron chi connectivity index (χ1n) is 9.27. The van der Waals surface area contributed by atoms with Crippen molar-refractivity contribution in [2.24, 2.45) is 4.99 Å². The molecule has 0 bridgehead atoms. The number of rotatable bonds is 5. The van der Waals surface area contributed by atoms with Crippen LogP contribution in [0.4, 0.5) is 17.6 Å². The van der Waals surface area contributed by atoms with E-state index in [4.69, 9.17) is 0 Å². The quantitative estimate of drug-likeness (QED) is 0.451. The van der Waals surface area contributed by atoms with E-state index in [1.54, 1.807) is 14.1 Å². The Morgan fingerprint density at radius 1 is 1.21 bits per heavy atom. The monoisotopic (exact) mass is 402 g/mol. The van der Waals surface area contributed by atoms with Crippen LogP contribution >= 0.6 is 0 Å². The van der Waals surface area contributed by atoms with E-state index in [0.29, 0.717) is 6.07 Å². The Hall–Kier alpha value is -2.32. The second-order valence-corrected chi connectivity index (χ2v) is 7.09. The van der Waals surface area contributed by atoms with Crippen molar-refractivity contribution in [3.8, 4) is 0 Å². The Morgan fingerprint density at radius 3 is 2.50 bits per heavy atom. The summed E-state index contributed by atoms with van der Waals surface area (Å²) in [6.07, 6.45) is 0.495. The molecule has 0 saturated heterocycles. The van der Waals surface area contributed by atoms with Gasteiger partial charge in [0.15, 0.2) is 5.96 Å². The summed E-state index contributed by atoms with van der Waals surface area (Å²) in [6, 6.07) is 2.70. The lowest BCUT2D eigenvalue weighted by atomic mass is 9.96.